The van der Waals surface area contributed by atoms with Gasteiger partial charge in [0.25, 0.3) is 5.91 Å². The van der Waals surface area contributed by atoms with Crippen LogP contribution in [0.15, 0.2) is 47.1 Å². The molecule has 6 nitrogen and oxygen atoms in total. The number of hydrogen-bond donors (Lipinski definition) is 2. The predicted molar refractivity (Wildman–Crippen MR) is 81.7 cm³/mol. The summed E-state index contributed by atoms with van der Waals surface area (Å²) < 4.78 is 10.0. The van der Waals surface area contributed by atoms with E-state index in [4.69, 9.17) is 9.15 Å². The van der Waals surface area contributed by atoms with Crippen molar-refractivity contribution in [3.05, 3.63) is 54.0 Å². The van der Waals surface area contributed by atoms with Crippen molar-refractivity contribution in [3.63, 3.8) is 0 Å². The van der Waals surface area contributed by atoms with E-state index in [1.54, 1.807) is 49.6 Å². The molecule has 0 aliphatic heterocycles. The smallest absolute Gasteiger partial charge is 0.411 e. The first-order valence-electron chi connectivity index (χ1n) is 6.98. The average Bonchev–Trinajstić information content (AvgIpc) is 3.02. The van der Waals surface area contributed by atoms with Gasteiger partial charge in [-0.3, -0.25) is 10.1 Å². The zero-order valence-electron chi connectivity index (χ0n) is 12.5. The molecule has 0 spiro atoms. The Bertz CT molecular complexity index is 620. The lowest BCUT2D eigenvalue weighted by molar-refractivity contribution is 0.0935. The molecule has 1 heterocycles. The van der Waals surface area contributed by atoms with Crippen LogP contribution in [0.4, 0.5) is 10.5 Å². The lowest BCUT2D eigenvalue weighted by Gasteiger charge is -2.12. The normalized spacial score (nSPS) is 11.5. The molecule has 1 aromatic heterocycles. The van der Waals surface area contributed by atoms with Gasteiger partial charge >= 0.3 is 6.09 Å². The van der Waals surface area contributed by atoms with Crippen molar-refractivity contribution in [2.75, 3.05) is 11.9 Å². The molecule has 2 amide bonds. The molecule has 1 atom stereocenters. The highest BCUT2D eigenvalue weighted by Gasteiger charge is 2.13. The first-order chi connectivity index (χ1) is 10.6. The first kappa shape index (κ1) is 15.6. The average molecular weight is 302 g/mol. The van der Waals surface area contributed by atoms with Crippen LogP contribution in [-0.2, 0) is 4.74 Å². The number of carbonyl (C=O) groups is 2. The number of nitrogens with one attached hydrogen (secondary N) is 2. The SMILES string of the molecule is CCOC(=O)Nc1ccc(C(=O)N[C@@H](C)c2ccco2)cc1. The number of ether oxygens (including phenoxy) is 1. The highest BCUT2D eigenvalue weighted by Crippen LogP contribution is 2.14. The molecule has 0 radical (unpaired) electrons. The summed E-state index contributed by atoms with van der Waals surface area (Å²) in [4.78, 5) is 23.4. The van der Waals surface area contributed by atoms with Gasteiger partial charge in [-0.25, -0.2) is 4.79 Å². The van der Waals surface area contributed by atoms with Crippen LogP contribution in [-0.4, -0.2) is 18.6 Å². The summed E-state index contributed by atoms with van der Waals surface area (Å²) in [6.07, 6.45) is 1.04. The maximum absolute atomic E-state index is 12.1. The highest BCUT2D eigenvalue weighted by molar-refractivity contribution is 5.95. The van der Waals surface area contributed by atoms with Crippen molar-refractivity contribution in [2.24, 2.45) is 0 Å². The van der Waals surface area contributed by atoms with Crippen LogP contribution >= 0.6 is 0 Å². The molecule has 2 N–H and O–H groups in total. The second-order valence-electron chi connectivity index (χ2n) is 4.63. The van der Waals surface area contributed by atoms with E-state index in [1.165, 1.54) is 0 Å². The van der Waals surface area contributed by atoms with Gasteiger partial charge in [0.05, 0.1) is 18.9 Å². The van der Waals surface area contributed by atoms with Gasteiger partial charge in [0.15, 0.2) is 0 Å². The van der Waals surface area contributed by atoms with Gasteiger partial charge in [0.2, 0.25) is 0 Å². The Morgan fingerprint density at radius 2 is 1.95 bits per heavy atom. The summed E-state index contributed by atoms with van der Waals surface area (Å²) in [5, 5.41) is 5.40. The first-order valence-corrected chi connectivity index (χ1v) is 6.98. The number of anilines is 1. The molecule has 6 heteroatoms. The van der Waals surface area contributed by atoms with E-state index >= 15 is 0 Å². The lowest BCUT2D eigenvalue weighted by Crippen LogP contribution is -2.26. The fourth-order valence-corrected chi connectivity index (χ4v) is 1.88. The predicted octanol–water partition coefficient (Wildman–Crippen LogP) is 3.34. The van der Waals surface area contributed by atoms with Crippen molar-refractivity contribution in [1.82, 2.24) is 5.32 Å². The number of rotatable bonds is 5. The summed E-state index contributed by atoms with van der Waals surface area (Å²) in [6.45, 7) is 3.87. The van der Waals surface area contributed by atoms with Gasteiger partial charge in [0.1, 0.15) is 5.76 Å². The molecule has 1 aromatic carbocycles. The molecule has 0 saturated carbocycles. The van der Waals surface area contributed by atoms with Crippen LogP contribution in [0.1, 0.15) is 36.0 Å². The van der Waals surface area contributed by atoms with Crippen LogP contribution < -0.4 is 10.6 Å². The number of benzene rings is 1. The second kappa shape index (κ2) is 7.31. The van der Waals surface area contributed by atoms with E-state index in [0.717, 1.165) is 0 Å². The van der Waals surface area contributed by atoms with Crippen molar-refractivity contribution >= 4 is 17.7 Å². The zero-order chi connectivity index (χ0) is 15.9. The molecule has 22 heavy (non-hydrogen) atoms. The molecule has 2 aromatic rings. The third-order valence-electron chi connectivity index (χ3n) is 2.99. The van der Waals surface area contributed by atoms with Gasteiger partial charge in [-0.05, 0) is 50.2 Å². The molecule has 116 valence electrons. The maximum Gasteiger partial charge on any atom is 0.411 e. The van der Waals surface area contributed by atoms with Gasteiger partial charge in [-0.1, -0.05) is 0 Å². The largest absolute Gasteiger partial charge is 0.467 e. The summed E-state index contributed by atoms with van der Waals surface area (Å²) >= 11 is 0. The molecular formula is C16H18N2O4. The van der Waals surface area contributed by atoms with Crippen LogP contribution in [0.5, 0.6) is 0 Å². The third-order valence-corrected chi connectivity index (χ3v) is 2.99. The van der Waals surface area contributed by atoms with Gasteiger partial charge in [-0.2, -0.15) is 0 Å². The summed E-state index contributed by atoms with van der Waals surface area (Å²) in [5.74, 6) is 0.473. The van der Waals surface area contributed by atoms with Crippen molar-refractivity contribution in [2.45, 2.75) is 19.9 Å². The van der Waals surface area contributed by atoms with E-state index in [-0.39, 0.29) is 11.9 Å². The van der Waals surface area contributed by atoms with Gasteiger partial charge < -0.3 is 14.5 Å². The molecule has 2 rings (SSSR count). The van der Waals surface area contributed by atoms with Gasteiger partial charge in [0, 0.05) is 11.3 Å². The van der Waals surface area contributed by atoms with E-state index < -0.39 is 6.09 Å². The Labute approximate surface area is 128 Å². The Morgan fingerprint density at radius 3 is 2.55 bits per heavy atom. The Hall–Kier alpha value is -2.76. The van der Waals surface area contributed by atoms with Crippen LogP contribution in [0.25, 0.3) is 0 Å². The van der Waals surface area contributed by atoms with Crippen LogP contribution in [0.2, 0.25) is 0 Å². The maximum atomic E-state index is 12.1. The summed E-state index contributed by atoms with van der Waals surface area (Å²) in [7, 11) is 0. The second-order valence-corrected chi connectivity index (χ2v) is 4.63. The fraction of sp³-hybridized carbons (Fsp3) is 0.250. The quantitative estimate of drug-likeness (QED) is 0.887. The van der Waals surface area contributed by atoms with Crippen LogP contribution in [0, 0.1) is 0 Å². The molecular weight excluding hydrogens is 284 g/mol. The minimum atomic E-state index is -0.522. The molecule has 0 aliphatic rings. The summed E-state index contributed by atoms with van der Waals surface area (Å²) in [6, 6.07) is 9.90. The Balaban J connectivity index is 1.95. The number of carbonyl (C=O) groups excluding carboxylic acids is 2. The minimum Gasteiger partial charge on any atom is -0.467 e. The van der Waals surface area contributed by atoms with Crippen molar-refractivity contribution in [1.29, 1.82) is 0 Å². The number of furan rings is 1. The lowest BCUT2D eigenvalue weighted by atomic mass is 10.1. The van der Waals surface area contributed by atoms with Crippen molar-refractivity contribution < 1.29 is 18.7 Å². The molecule has 0 fully saturated rings. The third kappa shape index (κ3) is 4.12. The van der Waals surface area contributed by atoms with E-state index in [1.807, 2.05) is 6.92 Å². The van der Waals surface area contributed by atoms with E-state index in [0.29, 0.717) is 23.6 Å². The van der Waals surface area contributed by atoms with Crippen molar-refractivity contribution in [3.8, 4) is 0 Å². The zero-order valence-corrected chi connectivity index (χ0v) is 12.5. The number of hydrogen-bond acceptors (Lipinski definition) is 4. The fourth-order valence-electron chi connectivity index (χ4n) is 1.88. The minimum absolute atomic E-state index is 0.216. The van der Waals surface area contributed by atoms with E-state index in [9.17, 15) is 9.59 Å². The standard InChI is InChI=1S/C16H18N2O4/c1-3-21-16(20)18-13-8-6-12(7-9-13)15(19)17-11(2)14-5-4-10-22-14/h4-11H,3H2,1-2H3,(H,17,19)(H,18,20)/t11-/m0/s1. The highest BCUT2D eigenvalue weighted by atomic mass is 16.5. The molecule has 0 saturated heterocycles. The monoisotopic (exact) mass is 302 g/mol. The molecule has 0 unspecified atom stereocenters. The van der Waals surface area contributed by atoms with Crippen LogP contribution in [0.3, 0.4) is 0 Å². The van der Waals surface area contributed by atoms with E-state index in [2.05, 4.69) is 10.6 Å². The Morgan fingerprint density at radius 1 is 1.23 bits per heavy atom. The molecule has 0 bridgehead atoms. The molecule has 0 aliphatic carbocycles. The topological polar surface area (TPSA) is 80.6 Å². The Kier molecular flexibility index (Phi) is 5.19. The summed E-state index contributed by atoms with van der Waals surface area (Å²) in [5.41, 5.74) is 1.06. The van der Waals surface area contributed by atoms with Gasteiger partial charge in [-0.15, -0.1) is 0 Å². The number of amides is 2.